The van der Waals surface area contributed by atoms with Gasteiger partial charge in [0.15, 0.2) is 11.5 Å². The highest BCUT2D eigenvalue weighted by molar-refractivity contribution is 6.03. The van der Waals surface area contributed by atoms with E-state index in [1.807, 2.05) is 58.0 Å². The highest BCUT2D eigenvalue weighted by Gasteiger charge is 2.16. The molecule has 0 unspecified atom stereocenters. The van der Waals surface area contributed by atoms with Crippen molar-refractivity contribution in [3.8, 4) is 0 Å². The Morgan fingerprint density at radius 3 is 2.67 bits per heavy atom. The van der Waals surface area contributed by atoms with Crippen LogP contribution in [0.5, 0.6) is 0 Å². The molecule has 2 aromatic heterocycles. The lowest BCUT2D eigenvalue weighted by molar-refractivity contribution is 0.308. The lowest BCUT2D eigenvalue weighted by atomic mass is 10.1. The van der Waals surface area contributed by atoms with E-state index in [0.29, 0.717) is 11.4 Å². The van der Waals surface area contributed by atoms with Gasteiger partial charge in [-0.15, -0.1) is 0 Å². The van der Waals surface area contributed by atoms with E-state index >= 15 is 0 Å². The number of hydrogen-bond donors (Lipinski definition) is 1. The normalized spacial score (nSPS) is 13.5. The van der Waals surface area contributed by atoms with Crippen LogP contribution in [0.4, 0.5) is 17.2 Å². The van der Waals surface area contributed by atoms with E-state index < -0.39 is 0 Å². The summed E-state index contributed by atoms with van der Waals surface area (Å²) in [7, 11) is 3.94. The number of pyridine rings is 1. The molecule has 3 rings (SSSR count). The van der Waals surface area contributed by atoms with Gasteiger partial charge in [0.05, 0.1) is 17.1 Å². The predicted molar refractivity (Wildman–Crippen MR) is 111 cm³/mol. The number of rotatable bonds is 4. The first-order valence-electron chi connectivity index (χ1n) is 8.91. The largest absolute Gasteiger partial charge is 0.379 e. The molecular formula is C20H26N6O. The zero-order valence-electron chi connectivity index (χ0n) is 16.5. The third-order valence-corrected chi connectivity index (χ3v) is 3.78. The Balaban J connectivity index is 0.00000126. The molecule has 2 aromatic rings. The SMILES string of the molecule is CC.CC(=Nc1c(N(C)C)ccnc1C1=CC=CCC=C1)c1nonc1N. The van der Waals surface area contributed by atoms with E-state index in [9.17, 15) is 0 Å². The molecule has 0 saturated heterocycles. The van der Waals surface area contributed by atoms with Crippen LogP contribution in [0.1, 0.15) is 38.6 Å². The molecule has 1 aliphatic rings. The zero-order valence-corrected chi connectivity index (χ0v) is 16.5. The van der Waals surface area contributed by atoms with Gasteiger partial charge in [-0.25, -0.2) is 9.62 Å². The summed E-state index contributed by atoms with van der Waals surface area (Å²) in [6.07, 6.45) is 13.0. The van der Waals surface area contributed by atoms with Gasteiger partial charge in [0.2, 0.25) is 0 Å². The van der Waals surface area contributed by atoms with Crippen LogP contribution >= 0.6 is 0 Å². The molecule has 2 N–H and O–H groups in total. The molecule has 0 aliphatic heterocycles. The molecule has 0 radical (unpaired) electrons. The minimum atomic E-state index is 0.217. The van der Waals surface area contributed by atoms with E-state index in [0.717, 1.165) is 29.1 Å². The third kappa shape index (κ3) is 4.69. The quantitative estimate of drug-likeness (QED) is 0.816. The number of nitrogens with two attached hydrogens (primary N) is 1. The Morgan fingerprint density at radius 1 is 1.22 bits per heavy atom. The summed E-state index contributed by atoms with van der Waals surface area (Å²) in [5.41, 5.74) is 10.3. The Bertz CT molecular complexity index is 890. The Labute approximate surface area is 160 Å². The molecule has 0 bridgehead atoms. The zero-order chi connectivity index (χ0) is 19.8. The van der Waals surface area contributed by atoms with Crippen molar-refractivity contribution in [2.75, 3.05) is 24.7 Å². The van der Waals surface area contributed by atoms with Crippen molar-refractivity contribution in [3.63, 3.8) is 0 Å². The molecule has 7 heteroatoms. The molecule has 0 atom stereocenters. The Hall–Kier alpha value is -3.22. The maximum absolute atomic E-state index is 5.79. The summed E-state index contributed by atoms with van der Waals surface area (Å²) >= 11 is 0. The number of aliphatic imine (C=N–C) groups is 1. The van der Waals surface area contributed by atoms with Gasteiger partial charge in [-0.05, 0) is 29.7 Å². The number of nitrogens with zero attached hydrogens (tertiary/aromatic N) is 5. The van der Waals surface area contributed by atoms with Crippen LogP contribution in [0, 0.1) is 0 Å². The summed E-state index contributed by atoms with van der Waals surface area (Å²) in [5.74, 6) is 0.217. The Kier molecular flexibility index (Phi) is 7.05. The van der Waals surface area contributed by atoms with Crippen LogP contribution in [0.15, 0.2) is 52.3 Å². The van der Waals surface area contributed by atoms with Crippen LogP contribution in [0.2, 0.25) is 0 Å². The first kappa shape index (κ1) is 20.1. The fourth-order valence-electron chi connectivity index (χ4n) is 2.53. The summed E-state index contributed by atoms with van der Waals surface area (Å²) in [6.45, 7) is 5.82. The number of anilines is 2. The second-order valence-corrected chi connectivity index (χ2v) is 5.81. The summed E-state index contributed by atoms with van der Waals surface area (Å²) in [5, 5.41) is 7.44. The van der Waals surface area contributed by atoms with Crippen molar-refractivity contribution < 1.29 is 4.63 Å². The maximum Gasteiger partial charge on any atom is 0.197 e. The van der Waals surface area contributed by atoms with E-state index in [4.69, 9.17) is 10.7 Å². The molecule has 27 heavy (non-hydrogen) atoms. The summed E-state index contributed by atoms with van der Waals surface area (Å²) < 4.78 is 4.68. The van der Waals surface area contributed by atoms with Crippen LogP contribution in [0.3, 0.4) is 0 Å². The average Bonchev–Trinajstić information content (AvgIpc) is 2.93. The van der Waals surface area contributed by atoms with Crippen LogP contribution in [-0.4, -0.2) is 35.1 Å². The van der Waals surface area contributed by atoms with Crippen LogP contribution in [-0.2, 0) is 0 Å². The van der Waals surface area contributed by atoms with Crippen molar-refractivity contribution in [2.24, 2.45) is 4.99 Å². The van der Waals surface area contributed by atoms with E-state index in [1.54, 1.807) is 6.20 Å². The van der Waals surface area contributed by atoms with Crippen LogP contribution in [0.25, 0.3) is 5.57 Å². The lowest BCUT2D eigenvalue weighted by Gasteiger charge is -2.18. The molecule has 142 valence electrons. The van der Waals surface area contributed by atoms with Crippen molar-refractivity contribution in [1.82, 2.24) is 15.3 Å². The van der Waals surface area contributed by atoms with Gasteiger partial charge < -0.3 is 10.6 Å². The first-order chi connectivity index (χ1) is 13.1. The molecule has 0 saturated carbocycles. The highest BCUT2D eigenvalue weighted by Crippen LogP contribution is 2.35. The summed E-state index contributed by atoms with van der Waals surface area (Å²) in [4.78, 5) is 11.3. The molecule has 0 fully saturated rings. The second-order valence-electron chi connectivity index (χ2n) is 5.81. The van der Waals surface area contributed by atoms with Gasteiger partial charge in [0.1, 0.15) is 5.69 Å². The molecule has 0 amide bonds. The molecule has 7 nitrogen and oxygen atoms in total. The lowest BCUT2D eigenvalue weighted by Crippen LogP contribution is -2.10. The van der Waals surface area contributed by atoms with Crippen molar-refractivity contribution in [1.29, 1.82) is 0 Å². The molecule has 1 aliphatic carbocycles. The van der Waals surface area contributed by atoms with Crippen LogP contribution < -0.4 is 10.6 Å². The fraction of sp³-hybridized carbons (Fsp3) is 0.300. The van der Waals surface area contributed by atoms with Gasteiger partial charge in [-0.3, -0.25) is 4.98 Å². The van der Waals surface area contributed by atoms with Gasteiger partial charge in [-0.2, -0.15) is 0 Å². The number of allylic oxidation sites excluding steroid dienone is 6. The minimum absolute atomic E-state index is 0.217. The van der Waals surface area contributed by atoms with Crippen molar-refractivity contribution in [2.45, 2.75) is 27.2 Å². The molecule has 0 spiro atoms. The van der Waals surface area contributed by atoms with E-state index in [1.165, 1.54) is 0 Å². The Morgan fingerprint density at radius 2 is 2.00 bits per heavy atom. The number of hydrogen-bond acceptors (Lipinski definition) is 7. The minimum Gasteiger partial charge on any atom is -0.379 e. The predicted octanol–water partition coefficient (Wildman–Crippen LogP) is 4.18. The van der Waals surface area contributed by atoms with Crippen molar-refractivity contribution >= 4 is 28.5 Å². The molecular weight excluding hydrogens is 340 g/mol. The third-order valence-electron chi connectivity index (χ3n) is 3.78. The molecule has 0 aromatic carbocycles. The topological polar surface area (TPSA) is 93.4 Å². The highest BCUT2D eigenvalue weighted by atomic mass is 16.6. The van der Waals surface area contributed by atoms with Gasteiger partial charge in [0.25, 0.3) is 0 Å². The monoisotopic (exact) mass is 366 g/mol. The fourth-order valence-corrected chi connectivity index (χ4v) is 2.53. The first-order valence-corrected chi connectivity index (χ1v) is 8.91. The smallest absolute Gasteiger partial charge is 0.197 e. The van der Waals surface area contributed by atoms with E-state index in [-0.39, 0.29) is 5.82 Å². The maximum atomic E-state index is 5.79. The van der Waals surface area contributed by atoms with E-state index in [2.05, 4.69) is 38.2 Å². The second kappa shape index (κ2) is 9.47. The average molecular weight is 366 g/mol. The van der Waals surface area contributed by atoms with Gasteiger partial charge in [0, 0.05) is 25.9 Å². The van der Waals surface area contributed by atoms with Gasteiger partial charge >= 0.3 is 0 Å². The van der Waals surface area contributed by atoms with Crippen molar-refractivity contribution in [3.05, 3.63) is 54.0 Å². The standard InChI is InChI=1S/C18H20N6O.C2H6/c1-12(15-18(19)23-25-22-15)21-17-14(24(2)3)10-11-20-16(17)13-8-6-4-5-7-9-13;1-2/h4,6-11H,5H2,1-3H3,(H2,19,23);1-2H3. The number of aromatic nitrogens is 3. The number of nitrogen functional groups attached to an aromatic ring is 1. The summed E-state index contributed by atoms with van der Waals surface area (Å²) in [6, 6.07) is 1.93. The molecule has 2 heterocycles. The van der Waals surface area contributed by atoms with Gasteiger partial charge in [-0.1, -0.05) is 44.2 Å².